The molecule has 158 valence electrons. The molecule has 0 aliphatic rings. The van der Waals surface area contributed by atoms with Gasteiger partial charge in [-0.15, -0.1) is 0 Å². The fraction of sp³-hybridized carbons (Fsp3) is 0.182. The van der Waals surface area contributed by atoms with Crippen molar-refractivity contribution in [1.82, 2.24) is 19.9 Å². The third-order valence-electron chi connectivity index (χ3n) is 4.63. The van der Waals surface area contributed by atoms with Crippen molar-refractivity contribution >= 4 is 0 Å². The number of hydrogen-bond acceptors (Lipinski definition) is 8. The van der Waals surface area contributed by atoms with Crippen LogP contribution >= 0.6 is 0 Å². The molecule has 9 nitrogen and oxygen atoms in total. The van der Waals surface area contributed by atoms with Crippen LogP contribution in [0.4, 0.5) is 0 Å². The van der Waals surface area contributed by atoms with Gasteiger partial charge in [0.15, 0.2) is 0 Å². The average molecular weight is 420 g/mol. The zero-order valence-electron chi connectivity index (χ0n) is 17.2. The lowest BCUT2D eigenvalue weighted by atomic mass is 10.1. The second-order valence-electron chi connectivity index (χ2n) is 6.52. The first kappa shape index (κ1) is 20.1. The maximum atomic E-state index is 12.3. The fourth-order valence-corrected chi connectivity index (χ4v) is 3.04. The molecule has 31 heavy (non-hydrogen) atoms. The van der Waals surface area contributed by atoms with Crippen LogP contribution in [0.3, 0.4) is 0 Å². The quantitative estimate of drug-likeness (QED) is 0.450. The third kappa shape index (κ3) is 4.25. The van der Waals surface area contributed by atoms with Crippen LogP contribution in [0, 0.1) is 0 Å². The monoisotopic (exact) mass is 420 g/mol. The molecular weight excluding hydrogens is 400 g/mol. The Bertz CT molecular complexity index is 1260. The van der Waals surface area contributed by atoms with E-state index in [1.54, 1.807) is 45.6 Å². The van der Waals surface area contributed by atoms with Crippen molar-refractivity contribution in [1.29, 1.82) is 0 Å². The zero-order chi connectivity index (χ0) is 21.8. The van der Waals surface area contributed by atoms with E-state index >= 15 is 0 Å². The van der Waals surface area contributed by atoms with E-state index in [9.17, 15) is 4.79 Å². The lowest BCUT2D eigenvalue weighted by Gasteiger charge is -2.07. The normalized spacial score (nSPS) is 10.7. The number of hydrogen-bond donors (Lipinski definition) is 0. The van der Waals surface area contributed by atoms with Crippen molar-refractivity contribution in [3.05, 3.63) is 70.8 Å². The summed E-state index contributed by atoms with van der Waals surface area (Å²) in [6.07, 6.45) is 0. The van der Waals surface area contributed by atoms with Gasteiger partial charge >= 0.3 is 0 Å². The molecule has 0 saturated carbocycles. The Kier molecular flexibility index (Phi) is 5.65. The van der Waals surface area contributed by atoms with Crippen molar-refractivity contribution < 1.29 is 18.7 Å². The molecule has 2 aromatic carbocycles. The molecule has 0 saturated heterocycles. The average Bonchev–Trinajstić information content (AvgIpc) is 3.28. The van der Waals surface area contributed by atoms with Gasteiger partial charge in [-0.25, -0.2) is 4.68 Å². The van der Waals surface area contributed by atoms with Crippen molar-refractivity contribution in [3.63, 3.8) is 0 Å². The van der Waals surface area contributed by atoms with Crippen LogP contribution in [0.15, 0.2) is 63.9 Å². The first-order chi connectivity index (χ1) is 15.1. The highest BCUT2D eigenvalue weighted by Crippen LogP contribution is 2.31. The van der Waals surface area contributed by atoms with E-state index < -0.39 is 0 Å². The van der Waals surface area contributed by atoms with Gasteiger partial charge in [0, 0.05) is 17.7 Å². The standard InChI is InChI=1S/C22H20N4O5/c1-28-15-6-4-5-14(11-15)18-9-10-21(27)26(24-18)13-20-23-22(25-31-20)17-8-7-16(29-2)12-19(17)30-3/h4-12H,13H2,1-3H3. The molecule has 9 heteroatoms. The maximum absolute atomic E-state index is 12.3. The van der Waals surface area contributed by atoms with Gasteiger partial charge in [0.2, 0.25) is 11.7 Å². The molecule has 0 aliphatic heterocycles. The van der Waals surface area contributed by atoms with Crippen molar-refractivity contribution in [2.75, 3.05) is 21.3 Å². The molecule has 0 radical (unpaired) electrons. The number of rotatable bonds is 7. The molecule has 2 aromatic heterocycles. The minimum absolute atomic E-state index is 0.0299. The minimum atomic E-state index is -0.284. The van der Waals surface area contributed by atoms with E-state index in [0.29, 0.717) is 34.3 Å². The molecular formula is C22H20N4O5. The number of ether oxygens (including phenoxy) is 3. The summed E-state index contributed by atoms with van der Waals surface area (Å²) < 4.78 is 22.5. The predicted octanol–water partition coefficient (Wildman–Crippen LogP) is 3.03. The highest BCUT2D eigenvalue weighted by Gasteiger charge is 2.15. The molecule has 4 rings (SSSR count). The first-order valence-electron chi connectivity index (χ1n) is 9.39. The van der Waals surface area contributed by atoms with E-state index in [-0.39, 0.29) is 18.0 Å². The molecule has 0 unspecified atom stereocenters. The Morgan fingerprint density at radius 1 is 0.935 bits per heavy atom. The Balaban J connectivity index is 1.62. The molecule has 0 atom stereocenters. The van der Waals surface area contributed by atoms with Gasteiger partial charge in [-0.1, -0.05) is 17.3 Å². The van der Waals surface area contributed by atoms with Gasteiger partial charge < -0.3 is 18.7 Å². The summed E-state index contributed by atoms with van der Waals surface area (Å²) >= 11 is 0. The molecule has 0 N–H and O–H groups in total. The SMILES string of the molecule is COc1cccc(-c2ccc(=O)n(Cc3nc(-c4ccc(OC)cc4OC)no3)n2)c1. The van der Waals surface area contributed by atoms with Gasteiger partial charge in [0.1, 0.15) is 23.8 Å². The van der Waals surface area contributed by atoms with Crippen molar-refractivity contribution in [3.8, 4) is 39.9 Å². The zero-order valence-corrected chi connectivity index (χ0v) is 17.2. The van der Waals surface area contributed by atoms with Gasteiger partial charge in [-0.3, -0.25) is 4.79 Å². The van der Waals surface area contributed by atoms with E-state index in [1.807, 2.05) is 24.3 Å². The summed E-state index contributed by atoms with van der Waals surface area (Å²) in [6, 6.07) is 15.8. The lowest BCUT2D eigenvalue weighted by molar-refractivity contribution is 0.363. The Labute approximate surface area is 177 Å². The van der Waals surface area contributed by atoms with Crippen LogP contribution in [-0.2, 0) is 6.54 Å². The molecule has 4 aromatic rings. The van der Waals surface area contributed by atoms with Crippen LogP contribution in [0.5, 0.6) is 17.2 Å². The Morgan fingerprint density at radius 3 is 2.52 bits per heavy atom. The second kappa shape index (κ2) is 8.70. The van der Waals surface area contributed by atoms with Crippen LogP contribution in [-0.4, -0.2) is 41.3 Å². The number of methoxy groups -OCH3 is 3. The Hall–Kier alpha value is -4.14. The summed E-state index contributed by atoms with van der Waals surface area (Å²) in [5.74, 6) is 2.47. The number of nitrogens with zero attached hydrogens (tertiary/aromatic N) is 4. The molecule has 0 amide bonds. The van der Waals surface area contributed by atoms with Gasteiger partial charge in [-0.05, 0) is 30.3 Å². The van der Waals surface area contributed by atoms with E-state index in [1.165, 1.54) is 10.7 Å². The fourth-order valence-electron chi connectivity index (χ4n) is 3.04. The van der Waals surface area contributed by atoms with E-state index in [4.69, 9.17) is 18.7 Å². The largest absolute Gasteiger partial charge is 0.497 e. The predicted molar refractivity (Wildman–Crippen MR) is 112 cm³/mol. The van der Waals surface area contributed by atoms with E-state index in [0.717, 1.165) is 5.56 Å². The molecule has 2 heterocycles. The van der Waals surface area contributed by atoms with Crippen LogP contribution in [0.1, 0.15) is 5.89 Å². The molecule has 0 fully saturated rings. The van der Waals surface area contributed by atoms with Gasteiger partial charge in [0.05, 0.1) is 32.6 Å². The summed E-state index contributed by atoms with van der Waals surface area (Å²) in [4.78, 5) is 16.7. The highest BCUT2D eigenvalue weighted by atomic mass is 16.5. The first-order valence-corrected chi connectivity index (χ1v) is 9.39. The van der Waals surface area contributed by atoms with Gasteiger partial charge in [-0.2, -0.15) is 10.1 Å². The second-order valence-corrected chi connectivity index (χ2v) is 6.52. The molecule has 0 bridgehead atoms. The third-order valence-corrected chi connectivity index (χ3v) is 4.63. The smallest absolute Gasteiger partial charge is 0.267 e. The highest BCUT2D eigenvalue weighted by molar-refractivity contribution is 5.65. The lowest BCUT2D eigenvalue weighted by Crippen LogP contribution is -2.23. The summed E-state index contributed by atoms with van der Waals surface area (Å²) in [6.45, 7) is 0.0299. The minimum Gasteiger partial charge on any atom is -0.497 e. The summed E-state index contributed by atoms with van der Waals surface area (Å²) in [7, 11) is 4.72. The van der Waals surface area contributed by atoms with Crippen LogP contribution in [0.25, 0.3) is 22.6 Å². The maximum Gasteiger partial charge on any atom is 0.267 e. The van der Waals surface area contributed by atoms with Crippen molar-refractivity contribution in [2.24, 2.45) is 0 Å². The van der Waals surface area contributed by atoms with Crippen LogP contribution in [0.2, 0.25) is 0 Å². The summed E-state index contributed by atoms with van der Waals surface area (Å²) in [5.41, 5.74) is 1.80. The molecule has 0 aliphatic carbocycles. The number of aromatic nitrogens is 4. The summed E-state index contributed by atoms with van der Waals surface area (Å²) in [5, 5.41) is 8.44. The Morgan fingerprint density at radius 2 is 1.74 bits per heavy atom. The number of benzene rings is 2. The van der Waals surface area contributed by atoms with E-state index in [2.05, 4.69) is 15.2 Å². The van der Waals surface area contributed by atoms with Crippen LogP contribution < -0.4 is 19.8 Å². The van der Waals surface area contributed by atoms with Gasteiger partial charge in [0.25, 0.3) is 5.56 Å². The topological polar surface area (TPSA) is 102 Å². The molecule has 0 spiro atoms. The van der Waals surface area contributed by atoms with Crippen molar-refractivity contribution in [2.45, 2.75) is 6.54 Å².